The summed E-state index contributed by atoms with van der Waals surface area (Å²) in [6.45, 7) is 0. The number of non-ortho nitro benzene ring substituents is 1. The first-order valence-electron chi connectivity index (χ1n) is 5.97. The molecule has 2 aromatic carbocycles. The Morgan fingerprint density at radius 1 is 1.18 bits per heavy atom. The quantitative estimate of drug-likeness (QED) is 0.528. The Kier molecular flexibility index (Phi) is 3.51. The van der Waals surface area contributed by atoms with Gasteiger partial charge < -0.3 is 0 Å². The molecule has 0 N–H and O–H groups in total. The SMILES string of the molecule is O=C(c1cc([N+](=O)[O-])ccc1Cl)n1nnc2cc(Cl)ccc21. The molecule has 0 atom stereocenters. The number of rotatable bonds is 2. The molecule has 22 heavy (non-hydrogen) atoms. The average molecular weight is 337 g/mol. The minimum Gasteiger partial charge on any atom is -0.267 e. The van der Waals surface area contributed by atoms with E-state index in [9.17, 15) is 14.9 Å². The van der Waals surface area contributed by atoms with Crippen LogP contribution in [-0.2, 0) is 0 Å². The number of carbonyl (C=O) groups excluding carboxylic acids is 1. The summed E-state index contributed by atoms with van der Waals surface area (Å²) >= 11 is 11.8. The van der Waals surface area contributed by atoms with Crippen LogP contribution < -0.4 is 0 Å². The third-order valence-electron chi connectivity index (χ3n) is 2.99. The summed E-state index contributed by atoms with van der Waals surface area (Å²) in [6.07, 6.45) is 0. The van der Waals surface area contributed by atoms with E-state index in [1.54, 1.807) is 18.2 Å². The van der Waals surface area contributed by atoms with Crippen LogP contribution in [0.2, 0.25) is 10.0 Å². The topological polar surface area (TPSA) is 90.9 Å². The summed E-state index contributed by atoms with van der Waals surface area (Å²) in [5, 5.41) is 19.0. The van der Waals surface area contributed by atoms with Crippen molar-refractivity contribution in [3.8, 4) is 0 Å². The molecule has 0 amide bonds. The van der Waals surface area contributed by atoms with E-state index < -0.39 is 10.8 Å². The van der Waals surface area contributed by atoms with Gasteiger partial charge in [-0.25, -0.2) is 0 Å². The van der Waals surface area contributed by atoms with E-state index in [0.29, 0.717) is 16.1 Å². The normalized spacial score (nSPS) is 10.8. The van der Waals surface area contributed by atoms with Crippen molar-refractivity contribution in [2.24, 2.45) is 0 Å². The van der Waals surface area contributed by atoms with Gasteiger partial charge in [-0.3, -0.25) is 14.9 Å². The molecule has 0 bridgehead atoms. The summed E-state index contributed by atoms with van der Waals surface area (Å²) in [5.41, 5.74) is 0.595. The molecule has 7 nitrogen and oxygen atoms in total. The molecular weight excluding hydrogens is 331 g/mol. The monoisotopic (exact) mass is 336 g/mol. The average Bonchev–Trinajstić information content (AvgIpc) is 2.89. The number of benzene rings is 2. The highest BCUT2D eigenvalue weighted by Crippen LogP contribution is 2.24. The van der Waals surface area contributed by atoms with Crippen LogP contribution >= 0.6 is 23.2 Å². The van der Waals surface area contributed by atoms with Crippen LogP contribution in [0.25, 0.3) is 11.0 Å². The van der Waals surface area contributed by atoms with Crippen LogP contribution in [0.15, 0.2) is 36.4 Å². The first kappa shape index (κ1) is 14.4. The first-order chi connectivity index (χ1) is 10.5. The molecule has 0 saturated heterocycles. The highest BCUT2D eigenvalue weighted by molar-refractivity contribution is 6.34. The van der Waals surface area contributed by atoms with Gasteiger partial charge >= 0.3 is 0 Å². The Balaban J connectivity index is 2.13. The van der Waals surface area contributed by atoms with Crippen LogP contribution in [0.4, 0.5) is 5.69 Å². The highest BCUT2D eigenvalue weighted by atomic mass is 35.5. The molecule has 0 unspecified atom stereocenters. The summed E-state index contributed by atoms with van der Waals surface area (Å²) in [5.74, 6) is -0.612. The molecule has 3 aromatic rings. The molecule has 1 heterocycles. The number of carbonyl (C=O) groups is 1. The molecule has 110 valence electrons. The van der Waals surface area contributed by atoms with Gasteiger partial charge in [0.05, 0.1) is 21.0 Å². The van der Waals surface area contributed by atoms with Crippen molar-refractivity contribution >= 4 is 45.8 Å². The third-order valence-corrected chi connectivity index (χ3v) is 3.56. The lowest BCUT2D eigenvalue weighted by Gasteiger charge is -2.04. The van der Waals surface area contributed by atoms with Gasteiger partial charge in [0, 0.05) is 17.2 Å². The molecule has 0 radical (unpaired) electrons. The molecular formula is C13H6Cl2N4O3. The molecule has 9 heteroatoms. The fourth-order valence-electron chi connectivity index (χ4n) is 1.95. The fraction of sp³-hybridized carbons (Fsp3) is 0. The fourth-order valence-corrected chi connectivity index (χ4v) is 2.32. The van der Waals surface area contributed by atoms with Crippen LogP contribution in [0, 0.1) is 10.1 Å². The third kappa shape index (κ3) is 2.40. The summed E-state index contributed by atoms with van der Waals surface area (Å²) in [4.78, 5) is 22.7. The van der Waals surface area contributed by atoms with E-state index in [2.05, 4.69) is 10.3 Å². The van der Waals surface area contributed by atoms with Crippen LogP contribution in [0.5, 0.6) is 0 Å². The molecule has 0 spiro atoms. The van der Waals surface area contributed by atoms with Gasteiger partial charge in [-0.15, -0.1) is 5.10 Å². The van der Waals surface area contributed by atoms with E-state index in [4.69, 9.17) is 23.2 Å². The van der Waals surface area contributed by atoms with Crippen molar-refractivity contribution in [2.45, 2.75) is 0 Å². The van der Waals surface area contributed by atoms with Gasteiger partial charge in [0.25, 0.3) is 11.6 Å². The van der Waals surface area contributed by atoms with Crippen LogP contribution in [0.3, 0.4) is 0 Å². The second-order valence-corrected chi connectivity index (χ2v) is 5.20. The zero-order valence-corrected chi connectivity index (χ0v) is 12.2. The second kappa shape index (κ2) is 5.36. The maximum Gasteiger partial charge on any atom is 0.281 e. The van der Waals surface area contributed by atoms with Gasteiger partial charge in [-0.2, -0.15) is 4.68 Å². The Labute approximate surface area is 133 Å². The predicted molar refractivity (Wildman–Crippen MR) is 80.4 cm³/mol. The predicted octanol–water partition coefficient (Wildman–Crippen LogP) is 3.33. The van der Waals surface area contributed by atoms with Crippen molar-refractivity contribution in [1.82, 2.24) is 15.0 Å². The minimum atomic E-state index is -0.612. The number of fused-ring (bicyclic) bond motifs is 1. The zero-order valence-electron chi connectivity index (χ0n) is 10.7. The zero-order chi connectivity index (χ0) is 15.9. The van der Waals surface area contributed by atoms with Crippen molar-refractivity contribution in [3.05, 3.63) is 62.1 Å². The van der Waals surface area contributed by atoms with E-state index in [0.717, 1.165) is 10.7 Å². The van der Waals surface area contributed by atoms with Crippen LogP contribution in [-0.4, -0.2) is 25.8 Å². The molecule has 0 aliphatic rings. The lowest BCUT2D eigenvalue weighted by molar-refractivity contribution is -0.384. The summed E-state index contributed by atoms with van der Waals surface area (Å²) < 4.78 is 1.02. The van der Waals surface area contributed by atoms with E-state index in [1.165, 1.54) is 12.1 Å². The molecule has 0 fully saturated rings. The number of halogens is 2. The standard InChI is InChI=1S/C13H6Cl2N4O3/c14-7-1-4-12-11(5-7)16-17-18(12)13(20)9-6-8(19(21)22)2-3-10(9)15/h1-6H. The number of nitro benzene ring substituents is 1. The lowest BCUT2D eigenvalue weighted by Crippen LogP contribution is -2.14. The Morgan fingerprint density at radius 3 is 2.68 bits per heavy atom. The van der Waals surface area contributed by atoms with Gasteiger partial charge in [0.2, 0.25) is 0 Å². The number of aromatic nitrogens is 3. The van der Waals surface area contributed by atoms with Gasteiger partial charge in [-0.05, 0) is 24.3 Å². The lowest BCUT2D eigenvalue weighted by atomic mass is 10.2. The van der Waals surface area contributed by atoms with E-state index in [-0.39, 0.29) is 16.3 Å². The summed E-state index contributed by atoms with van der Waals surface area (Å²) in [6, 6.07) is 8.35. The van der Waals surface area contributed by atoms with Crippen molar-refractivity contribution < 1.29 is 9.72 Å². The molecule has 0 aliphatic heterocycles. The summed E-state index contributed by atoms with van der Waals surface area (Å²) in [7, 11) is 0. The smallest absolute Gasteiger partial charge is 0.267 e. The van der Waals surface area contributed by atoms with Crippen molar-refractivity contribution in [2.75, 3.05) is 0 Å². The van der Waals surface area contributed by atoms with Gasteiger partial charge in [0.15, 0.2) is 0 Å². The largest absolute Gasteiger partial charge is 0.281 e. The number of nitrogens with zero attached hydrogens (tertiary/aromatic N) is 4. The molecule has 0 aliphatic carbocycles. The Hall–Kier alpha value is -2.51. The maximum absolute atomic E-state index is 12.5. The molecule has 1 aromatic heterocycles. The molecule has 0 saturated carbocycles. The number of hydrogen-bond acceptors (Lipinski definition) is 5. The van der Waals surface area contributed by atoms with Gasteiger partial charge in [0.1, 0.15) is 5.52 Å². The number of nitro groups is 1. The Morgan fingerprint density at radius 2 is 1.95 bits per heavy atom. The van der Waals surface area contributed by atoms with E-state index in [1.807, 2.05) is 0 Å². The Bertz CT molecular complexity index is 923. The van der Waals surface area contributed by atoms with Crippen molar-refractivity contribution in [1.29, 1.82) is 0 Å². The van der Waals surface area contributed by atoms with Crippen LogP contribution in [0.1, 0.15) is 10.4 Å². The highest BCUT2D eigenvalue weighted by Gasteiger charge is 2.20. The van der Waals surface area contributed by atoms with E-state index >= 15 is 0 Å². The number of hydrogen-bond donors (Lipinski definition) is 0. The van der Waals surface area contributed by atoms with Gasteiger partial charge in [-0.1, -0.05) is 28.4 Å². The van der Waals surface area contributed by atoms with Crippen molar-refractivity contribution in [3.63, 3.8) is 0 Å². The first-order valence-corrected chi connectivity index (χ1v) is 6.72. The minimum absolute atomic E-state index is 0.0300. The second-order valence-electron chi connectivity index (χ2n) is 4.36. The maximum atomic E-state index is 12.5. The molecule has 3 rings (SSSR count).